The van der Waals surface area contributed by atoms with Crippen LogP contribution in [0.15, 0.2) is 35.3 Å². The van der Waals surface area contributed by atoms with Crippen LogP contribution in [0.1, 0.15) is 58.9 Å². The number of benzene rings is 1. The van der Waals surface area contributed by atoms with E-state index < -0.39 is 47.9 Å². The predicted octanol–water partition coefficient (Wildman–Crippen LogP) is 0.241. The SMILES string of the molecule is CC(C)CC(NC(=O)C(Cc1ccccc1)NC(=O)C(CC(C)C)NC(=O)C(N)CCCN=C(N)N)C(=O)O. The lowest BCUT2D eigenvalue weighted by atomic mass is 9.99. The summed E-state index contributed by atoms with van der Waals surface area (Å²) in [6.45, 7) is 7.84. The Bertz CT molecular complexity index is 965. The number of nitrogens with one attached hydrogen (secondary N) is 3. The van der Waals surface area contributed by atoms with Crippen LogP contribution in [-0.4, -0.2) is 65.5 Å². The summed E-state index contributed by atoms with van der Waals surface area (Å²) < 4.78 is 0. The fraction of sp³-hybridized carbons (Fsp3) is 0.593. The summed E-state index contributed by atoms with van der Waals surface area (Å²) in [4.78, 5) is 54.9. The fourth-order valence-electron chi connectivity index (χ4n) is 3.93. The Morgan fingerprint density at radius 1 is 0.821 bits per heavy atom. The van der Waals surface area contributed by atoms with Gasteiger partial charge in [-0.3, -0.25) is 19.4 Å². The molecule has 1 rings (SSSR count). The zero-order chi connectivity index (χ0) is 29.5. The number of carboxylic acids is 1. The molecule has 1 aromatic carbocycles. The van der Waals surface area contributed by atoms with Gasteiger partial charge in [-0.1, -0.05) is 58.0 Å². The molecule has 39 heavy (non-hydrogen) atoms. The first kappa shape index (κ1) is 33.4. The number of carboxylic acid groups (broad SMARTS) is 1. The topological polar surface area (TPSA) is 215 Å². The second kappa shape index (κ2) is 17.0. The van der Waals surface area contributed by atoms with Crippen LogP contribution in [0.2, 0.25) is 0 Å². The standard InChI is InChI=1S/C27H45N7O5/c1-16(2)13-20(32-23(35)19(28)11-8-12-31-27(29)30)24(36)33-21(15-18-9-6-5-7-10-18)25(37)34-22(26(38)39)14-17(3)4/h5-7,9-10,16-17,19-22H,8,11-15,28H2,1-4H3,(H,32,35)(H,33,36)(H,34,37)(H,38,39)(H4,29,30,31). The predicted molar refractivity (Wildman–Crippen MR) is 150 cm³/mol. The molecule has 12 heteroatoms. The van der Waals surface area contributed by atoms with Gasteiger partial charge in [0.2, 0.25) is 17.7 Å². The maximum absolute atomic E-state index is 13.4. The van der Waals surface area contributed by atoms with Crippen molar-refractivity contribution in [2.45, 2.75) is 84.0 Å². The van der Waals surface area contributed by atoms with E-state index in [1.54, 1.807) is 12.1 Å². The number of carbonyl (C=O) groups excluding carboxylic acids is 3. The second-order valence-corrected chi connectivity index (χ2v) is 10.5. The summed E-state index contributed by atoms with van der Waals surface area (Å²) in [6.07, 6.45) is 1.47. The minimum atomic E-state index is -1.15. The molecular formula is C27H45N7O5. The Balaban J connectivity index is 3.04. The van der Waals surface area contributed by atoms with Crippen LogP contribution in [-0.2, 0) is 25.6 Å². The minimum absolute atomic E-state index is 0.0304. The van der Waals surface area contributed by atoms with Gasteiger partial charge in [0.15, 0.2) is 5.96 Å². The molecule has 0 heterocycles. The van der Waals surface area contributed by atoms with Crippen LogP contribution >= 0.6 is 0 Å². The molecule has 12 nitrogen and oxygen atoms in total. The molecule has 218 valence electrons. The molecule has 0 saturated carbocycles. The highest BCUT2D eigenvalue weighted by Gasteiger charge is 2.31. The summed E-state index contributed by atoms with van der Waals surface area (Å²) >= 11 is 0. The van der Waals surface area contributed by atoms with Crippen molar-refractivity contribution >= 4 is 29.7 Å². The van der Waals surface area contributed by atoms with Crippen molar-refractivity contribution in [2.24, 2.45) is 34.0 Å². The van der Waals surface area contributed by atoms with Gasteiger partial charge in [-0.05, 0) is 43.1 Å². The highest BCUT2D eigenvalue weighted by atomic mass is 16.4. The zero-order valence-corrected chi connectivity index (χ0v) is 23.4. The first-order valence-electron chi connectivity index (χ1n) is 13.3. The van der Waals surface area contributed by atoms with Crippen molar-refractivity contribution in [3.05, 3.63) is 35.9 Å². The third-order valence-corrected chi connectivity index (χ3v) is 5.88. The van der Waals surface area contributed by atoms with E-state index in [0.717, 1.165) is 5.56 Å². The molecule has 1 aromatic rings. The first-order chi connectivity index (χ1) is 18.3. The molecule has 10 N–H and O–H groups in total. The van der Waals surface area contributed by atoms with Crippen LogP contribution < -0.4 is 33.2 Å². The van der Waals surface area contributed by atoms with Crippen LogP contribution in [0.3, 0.4) is 0 Å². The Morgan fingerprint density at radius 3 is 1.87 bits per heavy atom. The molecule has 4 unspecified atom stereocenters. The van der Waals surface area contributed by atoms with Gasteiger partial charge in [-0.2, -0.15) is 0 Å². The lowest BCUT2D eigenvalue weighted by molar-refractivity contribution is -0.142. The lowest BCUT2D eigenvalue weighted by Crippen LogP contribution is -2.58. The number of amides is 3. The molecule has 3 amide bonds. The van der Waals surface area contributed by atoms with E-state index in [-0.39, 0.29) is 30.6 Å². The molecule has 0 aromatic heterocycles. The van der Waals surface area contributed by atoms with E-state index in [2.05, 4.69) is 20.9 Å². The number of rotatable bonds is 17. The van der Waals surface area contributed by atoms with Crippen LogP contribution in [0.4, 0.5) is 0 Å². The van der Waals surface area contributed by atoms with Crippen molar-refractivity contribution in [3.63, 3.8) is 0 Å². The number of aliphatic carboxylic acids is 1. The summed E-state index contributed by atoms with van der Waals surface area (Å²) in [5, 5.41) is 17.6. The molecule has 0 bridgehead atoms. The van der Waals surface area contributed by atoms with Crippen LogP contribution in [0.25, 0.3) is 0 Å². The summed E-state index contributed by atoms with van der Waals surface area (Å²) in [7, 11) is 0. The summed E-state index contributed by atoms with van der Waals surface area (Å²) in [6, 6.07) is 5.08. The summed E-state index contributed by atoms with van der Waals surface area (Å²) in [5.41, 5.74) is 17.4. The molecule has 0 aliphatic carbocycles. The van der Waals surface area contributed by atoms with Gasteiger partial charge in [0.1, 0.15) is 18.1 Å². The molecule has 0 aliphatic rings. The maximum atomic E-state index is 13.4. The highest BCUT2D eigenvalue weighted by Crippen LogP contribution is 2.10. The number of hydrogen-bond donors (Lipinski definition) is 7. The molecule has 0 fully saturated rings. The van der Waals surface area contributed by atoms with E-state index in [1.165, 1.54) is 0 Å². The van der Waals surface area contributed by atoms with Gasteiger partial charge >= 0.3 is 5.97 Å². The number of nitrogens with zero attached hydrogens (tertiary/aromatic N) is 1. The molecule has 0 saturated heterocycles. The van der Waals surface area contributed by atoms with E-state index in [4.69, 9.17) is 17.2 Å². The van der Waals surface area contributed by atoms with E-state index in [0.29, 0.717) is 25.8 Å². The van der Waals surface area contributed by atoms with Crippen molar-refractivity contribution < 1.29 is 24.3 Å². The van der Waals surface area contributed by atoms with E-state index in [1.807, 2.05) is 45.9 Å². The quantitative estimate of drug-likeness (QED) is 0.0812. The molecule has 0 radical (unpaired) electrons. The van der Waals surface area contributed by atoms with E-state index >= 15 is 0 Å². The first-order valence-corrected chi connectivity index (χ1v) is 13.3. The molecule has 0 spiro atoms. The molecule has 4 atom stereocenters. The Morgan fingerprint density at radius 2 is 1.33 bits per heavy atom. The number of aliphatic imine (C=N–C) groups is 1. The van der Waals surface area contributed by atoms with Crippen molar-refractivity contribution in [1.82, 2.24) is 16.0 Å². The van der Waals surface area contributed by atoms with Crippen molar-refractivity contribution in [1.29, 1.82) is 0 Å². The molecular weight excluding hydrogens is 502 g/mol. The third kappa shape index (κ3) is 13.6. The van der Waals surface area contributed by atoms with Gasteiger partial charge in [0.05, 0.1) is 6.04 Å². The van der Waals surface area contributed by atoms with Gasteiger partial charge in [-0.25, -0.2) is 4.79 Å². The van der Waals surface area contributed by atoms with Crippen LogP contribution in [0.5, 0.6) is 0 Å². The minimum Gasteiger partial charge on any atom is -0.480 e. The normalized spacial score (nSPS) is 14.1. The lowest BCUT2D eigenvalue weighted by Gasteiger charge is -2.26. The average molecular weight is 548 g/mol. The van der Waals surface area contributed by atoms with Crippen LogP contribution in [0, 0.1) is 11.8 Å². The third-order valence-electron chi connectivity index (χ3n) is 5.88. The smallest absolute Gasteiger partial charge is 0.326 e. The Labute approximate surface area is 230 Å². The largest absolute Gasteiger partial charge is 0.480 e. The van der Waals surface area contributed by atoms with Crippen molar-refractivity contribution in [3.8, 4) is 0 Å². The Hall–Kier alpha value is -3.67. The van der Waals surface area contributed by atoms with Gasteiger partial charge in [0.25, 0.3) is 0 Å². The van der Waals surface area contributed by atoms with Crippen molar-refractivity contribution in [2.75, 3.05) is 6.54 Å². The fourth-order valence-corrected chi connectivity index (χ4v) is 3.93. The highest BCUT2D eigenvalue weighted by molar-refractivity contribution is 5.94. The Kier molecular flexibility index (Phi) is 14.6. The number of guanidine groups is 1. The monoisotopic (exact) mass is 547 g/mol. The zero-order valence-electron chi connectivity index (χ0n) is 23.4. The van der Waals surface area contributed by atoms with Gasteiger partial charge in [-0.15, -0.1) is 0 Å². The number of carbonyl (C=O) groups is 4. The van der Waals surface area contributed by atoms with Gasteiger partial charge < -0.3 is 38.3 Å². The van der Waals surface area contributed by atoms with Gasteiger partial charge in [0, 0.05) is 13.0 Å². The maximum Gasteiger partial charge on any atom is 0.326 e. The van der Waals surface area contributed by atoms with E-state index in [9.17, 15) is 24.3 Å². The number of nitrogens with two attached hydrogens (primary N) is 3. The second-order valence-electron chi connectivity index (χ2n) is 10.5. The molecule has 0 aliphatic heterocycles. The number of hydrogen-bond acceptors (Lipinski definition) is 6. The average Bonchev–Trinajstić information content (AvgIpc) is 2.84. The summed E-state index contributed by atoms with van der Waals surface area (Å²) in [5.74, 6) is -2.81.